The highest BCUT2D eigenvalue weighted by Crippen LogP contribution is 2.33. The summed E-state index contributed by atoms with van der Waals surface area (Å²) >= 11 is 0. The molecule has 1 aromatic heterocycles. The van der Waals surface area contributed by atoms with Crippen molar-refractivity contribution in [2.24, 2.45) is 5.73 Å². The molecule has 4 aromatic rings. The van der Waals surface area contributed by atoms with Crippen LogP contribution in [-0.4, -0.2) is 46.5 Å². The van der Waals surface area contributed by atoms with Crippen molar-refractivity contribution in [1.82, 2.24) is 10.2 Å². The molecule has 42 heavy (non-hydrogen) atoms. The normalized spacial score (nSPS) is 10.6. The maximum absolute atomic E-state index is 14.8. The predicted octanol–water partition coefficient (Wildman–Crippen LogP) is 5.21. The zero-order chi connectivity index (χ0) is 30.9. The van der Waals surface area contributed by atoms with Gasteiger partial charge in [0, 0.05) is 23.4 Å². The van der Waals surface area contributed by atoms with Gasteiger partial charge in [-0.15, -0.1) is 0 Å². The van der Waals surface area contributed by atoms with Gasteiger partial charge in [-0.25, -0.2) is 14.0 Å². The number of rotatable bonds is 8. The van der Waals surface area contributed by atoms with Crippen LogP contribution in [0.25, 0.3) is 11.1 Å². The van der Waals surface area contributed by atoms with Crippen molar-refractivity contribution in [1.29, 1.82) is 0 Å². The van der Waals surface area contributed by atoms with Crippen LogP contribution in [0.4, 0.5) is 39.4 Å². The number of carboxylic acid groups (broad SMARTS) is 1. The lowest BCUT2D eigenvalue weighted by Crippen LogP contribution is -2.21. The van der Waals surface area contributed by atoms with E-state index in [1.807, 2.05) is 6.07 Å². The fourth-order valence-corrected chi connectivity index (χ4v) is 3.55. The Kier molecular flexibility index (Phi) is 10.1. The van der Waals surface area contributed by atoms with Crippen molar-refractivity contribution >= 4 is 35.0 Å². The van der Waals surface area contributed by atoms with Gasteiger partial charge in [0.25, 0.3) is 5.91 Å². The molecular weight excluding hydrogens is 564 g/mol. The van der Waals surface area contributed by atoms with Crippen LogP contribution in [0.2, 0.25) is 0 Å². The van der Waals surface area contributed by atoms with Gasteiger partial charge < -0.3 is 31.5 Å². The topological polar surface area (TPSA) is 171 Å². The monoisotopic (exact) mass is 588 g/mol. The molecule has 4 rings (SSSR count). The molecule has 7 N–H and O–H groups in total. The number of carbonyl (C=O) groups is 3. The average Bonchev–Trinajstić information content (AvgIpc) is 3.42. The van der Waals surface area contributed by atoms with Crippen LogP contribution in [0.3, 0.4) is 0 Å². The number of hydrogen-bond donors (Lipinski definition) is 6. The number of methoxy groups -OCH3 is 1. The van der Waals surface area contributed by atoms with Gasteiger partial charge in [0.2, 0.25) is 0 Å². The Labute approximate surface area is 235 Å². The number of carbonyl (C=O) groups excluding carboxylic acids is 2. The molecule has 220 valence electrons. The van der Waals surface area contributed by atoms with Gasteiger partial charge in [-0.1, -0.05) is 42.5 Å². The van der Waals surface area contributed by atoms with Crippen molar-refractivity contribution in [3.05, 3.63) is 90.0 Å². The molecule has 0 atom stereocenters. The van der Waals surface area contributed by atoms with E-state index in [2.05, 4.69) is 26.1 Å². The molecule has 0 saturated heterocycles. The summed E-state index contributed by atoms with van der Waals surface area (Å²) in [5, 5.41) is 22.1. The van der Waals surface area contributed by atoms with Crippen LogP contribution in [0.5, 0.6) is 5.75 Å². The molecule has 0 aliphatic rings. The molecule has 0 aliphatic heterocycles. The molecule has 0 unspecified atom stereocenters. The summed E-state index contributed by atoms with van der Waals surface area (Å²) in [6.07, 6.45) is -3.61. The van der Waals surface area contributed by atoms with Gasteiger partial charge in [0.15, 0.2) is 11.6 Å². The Morgan fingerprint density at radius 2 is 1.64 bits per heavy atom. The molecule has 0 fully saturated rings. The quantitative estimate of drug-likeness (QED) is 0.153. The Morgan fingerprint density at radius 1 is 0.976 bits per heavy atom. The van der Waals surface area contributed by atoms with Gasteiger partial charge in [0.1, 0.15) is 5.69 Å². The predicted molar refractivity (Wildman–Crippen MR) is 146 cm³/mol. The molecule has 15 heteroatoms. The number of aromatic nitrogens is 2. The summed E-state index contributed by atoms with van der Waals surface area (Å²) in [7, 11) is 1.40. The first-order chi connectivity index (χ1) is 19.9. The highest BCUT2D eigenvalue weighted by molar-refractivity contribution is 6.02. The van der Waals surface area contributed by atoms with E-state index >= 15 is 0 Å². The van der Waals surface area contributed by atoms with E-state index in [1.165, 1.54) is 19.4 Å². The number of ether oxygens (including phenoxy) is 1. The van der Waals surface area contributed by atoms with E-state index in [4.69, 9.17) is 20.4 Å². The average molecular weight is 589 g/mol. The minimum atomic E-state index is -5.08. The Hall–Kier alpha value is -5.60. The Morgan fingerprint density at radius 3 is 2.31 bits per heavy atom. The zero-order valence-electron chi connectivity index (χ0n) is 21.8. The van der Waals surface area contributed by atoms with Crippen LogP contribution < -0.4 is 26.4 Å². The van der Waals surface area contributed by atoms with E-state index < -0.39 is 29.9 Å². The third-order valence-electron chi connectivity index (χ3n) is 5.44. The van der Waals surface area contributed by atoms with Gasteiger partial charge in [-0.3, -0.25) is 9.89 Å². The molecule has 3 aromatic carbocycles. The molecule has 0 bridgehead atoms. The molecular formula is C27H24F4N6O5. The van der Waals surface area contributed by atoms with Crippen molar-refractivity contribution in [3.63, 3.8) is 0 Å². The van der Waals surface area contributed by atoms with E-state index in [-0.39, 0.29) is 11.4 Å². The second-order valence-electron chi connectivity index (χ2n) is 8.33. The van der Waals surface area contributed by atoms with Crippen LogP contribution in [0.1, 0.15) is 16.1 Å². The molecule has 0 radical (unpaired) electrons. The van der Waals surface area contributed by atoms with Crippen molar-refractivity contribution in [2.75, 3.05) is 23.1 Å². The standard InChI is InChI=1S/C25H23FN6O3.C2HF3O2/c1-35-21-11-5-9-18(22(21)26)17-8-2-3-10-19(17)31-25(34)30-16-7-4-6-15(12-16)13-28-20-14-29-32-23(20)24(27)33;3-2(4,5)1(6)7/h2-12,14,28H,13H2,1H3,(H2,27,33)(H,29,32)(H2,30,31,34);(H,6,7). The van der Waals surface area contributed by atoms with Crippen LogP contribution >= 0.6 is 0 Å². The molecule has 3 amide bonds. The number of hydrogen-bond acceptors (Lipinski definition) is 6. The van der Waals surface area contributed by atoms with E-state index in [1.54, 1.807) is 54.6 Å². The first kappa shape index (κ1) is 30.9. The first-order valence-corrected chi connectivity index (χ1v) is 11.9. The van der Waals surface area contributed by atoms with Gasteiger partial charge in [0.05, 0.1) is 24.7 Å². The number of nitrogens with two attached hydrogens (primary N) is 1. The second kappa shape index (κ2) is 13.6. The SMILES string of the molecule is COc1cccc(-c2ccccc2NC(=O)Nc2cccc(CNc3cn[nH]c3C(N)=O)c2)c1F.O=C(O)C(F)(F)F. The summed E-state index contributed by atoms with van der Waals surface area (Å²) in [6, 6.07) is 18.4. The van der Waals surface area contributed by atoms with Crippen molar-refractivity contribution in [2.45, 2.75) is 12.7 Å². The molecule has 1 heterocycles. The fraction of sp³-hybridized carbons (Fsp3) is 0.111. The fourth-order valence-electron chi connectivity index (χ4n) is 3.55. The minimum absolute atomic E-state index is 0.116. The number of nitrogens with zero attached hydrogens (tertiary/aromatic N) is 1. The Bertz CT molecular complexity index is 1570. The number of halogens is 4. The third kappa shape index (κ3) is 8.20. The number of carboxylic acids is 1. The maximum atomic E-state index is 14.8. The Balaban J connectivity index is 0.000000616. The van der Waals surface area contributed by atoms with Crippen LogP contribution in [0.15, 0.2) is 72.9 Å². The van der Waals surface area contributed by atoms with Gasteiger partial charge >= 0.3 is 18.2 Å². The number of nitrogens with one attached hydrogen (secondary N) is 4. The highest BCUT2D eigenvalue weighted by atomic mass is 19.4. The number of para-hydroxylation sites is 1. The first-order valence-electron chi connectivity index (χ1n) is 11.9. The van der Waals surface area contributed by atoms with E-state index in [0.717, 1.165) is 5.56 Å². The summed E-state index contributed by atoms with van der Waals surface area (Å²) in [6.45, 7) is 0.370. The number of urea groups is 1. The smallest absolute Gasteiger partial charge is 0.490 e. The number of anilines is 3. The zero-order valence-corrected chi connectivity index (χ0v) is 21.8. The number of H-pyrrole nitrogens is 1. The summed E-state index contributed by atoms with van der Waals surface area (Å²) < 4.78 is 51.6. The summed E-state index contributed by atoms with van der Waals surface area (Å²) in [5.41, 5.74) is 8.63. The lowest BCUT2D eigenvalue weighted by atomic mass is 10.0. The molecule has 0 saturated carbocycles. The van der Waals surface area contributed by atoms with Crippen LogP contribution in [0, 0.1) is 5.82 Å². The number of benzene rings is 3. The van der Waals surface area contributed by atoms with Crippen LogP contribution in [-0.2, 0) is 11.3 Å². The summed E-state index contributed by atoms with van der Waals surface area (Å²) in [4.78, 5) is 33.0. The highest BCUT2D eigenvalue weighted by Gasteiger charge is 2.38. The third-order valence-corrected chi connectivity index (χ3v) is 5.44. The molecule has 11 nitrogen and oxygen atoms in total. The maximum Gasteiger partial charge on any atom is 0.490 e. The minimum Gasteiger partial charge on any atom is -0.494 e. The molecule has 0 spiro atoms. The number of amides is 3. The van der Waals surface area contributed by atoms with Crippen molar-refractivity contribution in [3.8, 4) is 16.9 Å². The summed E-state index contributed by atoms with van der Waals surface area (Å²) in [5.74, 6) is -3.77. The lowest BCUT2D eigenvalue weighted by Gasteiger charge is -2.14. The molecule has 0 aliphatic carbocycles. The number of alkyl halides is 3. The van der Waals surface area contributed by atoms with Crippen molar-refractivity contribution < 1.29 is 41.8 Å². The number of primary amides is 1. The largest absolute Gasteiger partial charge is 0.494 e. The van der Waals surface area contributed by atoms with E-state index in [0.29, 0.717) is 34.7 Å². The van der Waals surface area contributed by atoms with E-state index in [9.17, 15) is 27.2 Å². The lowest BCUT2D eigenvalue weighted by molar-refractivity contribution is -0.192. The van der Waals surface area contributed by atoms with Gasteiger partial charge in [-0.2, -0.15) is 18.3 Å². The number of aliphatic carboxylic acids is 1. The second-order valence-corrected chi connectivity index (χ2v) is 8.33. The number of aromatic amines is 1. The van der Waals surface area contributed by atoms with Gasteiger partial charge in [-0.05, 0) is 29.8 Å².